The molecular formula is C13H15NO6. The van der Waals surface area contributed by atoms with Crippen LogP contribution < -0.4 is 10.1 Å². The van der Waals surface area contributed by atoms with Gasteiger partial charge in [-0.15, -0.1) is 0 Å². The summed E-state index contributed by atoms with van der Waals surface area (Å²) in [6.07, 6.45) is 0. The lowest BCUT2D eigenvalue weighted by Gasteiger charge is -2.10. The average molecular weight is 281 g/mol. The first-order chi connectivity index (χ1) is 9.43. The zero-order valence-electron chi connectivity index (χ0n) is 11.1. The van der Waals surface area contributed by atoms with E-state index in [9.17, 15) is 14.4 Å². The van der Waals surface area contributed by atoms with Gasteiger partial charge in [-0.25, -0.2) is 4.79 Å². The Morgan fingerprint density at radius 1 is 1.35 bits per heavy atom. The van der Waals surface area contributed by atoms with E-state index in [4.69, 9.17) is 9.84 Å². The van der Waals surface area contributed by atoms with E-state index in [0.29, 0.717) is 5.75 Å². The summed E-state index contributed by atoms with van der Waals surface area (Å²) >= 11 is 0. The lowest BCUT2D eigenvalue weighted by atomic mass is 10.2. The number of hydrogen-bond acceptors (Lipinski definition) is 5. The topological polar surface area (TPSA) is 102 Å². The lowest BCUT2D eigenvalue weighted by Crippen LogP contribution is -2.38. The van der Waals surface area contributed by atoms with Gasteiger partial charge < -0.3 is 19.9 Å². The Hall–Kier alpha value is -2.57. The number of methoxy groups -OCH3 is 1. The van der Waals surface area contributed by atoms with E-state index in [0.717, 1.165) is 0 Å². The first-order valence-corrected chi connectivity index (χ1v) is 5.77. The van der Waals surface area contributed by atoms with E-state index in [1.54, 1.807) is 12.1 Å². The summed E-state index contributed by atoms with van der Waals surface area (Å²) in [7, 11) is 1.24. The molecule has 20 heavy (non-hydrogen) atoms. The number of benzene rings is 1. The average Bonchev–Trinajstić information content (AvgIpc) is 2.44. The molecule has 1 amide bonds. The predicted octanol–water partition coefficient (Wildman–Crippen LogP) is 0.441. The molecule has 7 nitrogen and oxygen atoms in total. The summed E-state index contributed by atoms with van der Waals surface area (Å²) in [6, 6.07) is 5.05. The zero-order valence-corrected chi connectivity index (χ0v) is 11.1. The van der Waals surface area contributed by atoms with Crippen LogP contribution in [0.1, 0.15) is 17.3 Å². The van der Waals surface area contributed by atoms with Crippen LogP contribution in [0.3, 0.4) is 0 Å². The number of rotatable bonds is 6. The number of hydrogen-bond donors (Lipinski definition) is 2. The third-order valence-corrected chi connectivity index (χ3v) is 2.40. The monoisotopic (exact) mass is 281 g/mol. The van der Waals surface area contributed by atoms with Gasteiger partial charge >= 0.3 is 11.9 Å². The van der Waals surface area contributed by atoms with Gasteiger partial charge in [0, 0.05) is 5.56 Å². The second-order valence-corrected chi connectivity index (χ2v) is 3.93. The molecule has 7 heteroatoms. The van der Waals surface area contributed by atoms with Gasteiger partial charge in [-0.2, -0.15) is 0 Å². The SMILES string of the molecule is COC(=O)COc1cccc(C(=O)N[C@H](C)C(=O)O)c1. The molecule has 0 aromatic heterocycles. The molecular weight excluding hydrogens is 266 g/mol. The van der Waals surface area contributed by atoms with Crippen LogP contribution >= 0.6 is 0 Å². The van der Waals surface area contributed by atoms with E-state index in [1.807, 2.05) is 0 Å². The molecule has 0 aliphatic rings. The van der Waals surface area contributed by atoms with Crippen LogP contribution in [0.15, 0.2) is 24.3 Å². The number of carbonyl (C=O) groups excluding carboxylic acids is 2. The molecule has 1 atom stereocenters. The van der Waals surface area contributed by atoms with Crippen molar-refractivity contribution in [3.63, 3.8) is 0 Å². The van der Waals surface area contributed by atoms with Crippen LogP contribution in [-0.2, 0) is 14.3 Å². The standard InChI is InChI=1S/C13H15NO6/c1-8(13(17)18)14-12(16)9-4-3-5-10(6-9)20-7-11(15)19-2/h3-6,8H,7H2,1-2H3,(H,14,16)(H,17,18)/t8-/m1/s1. The van der Waals surface area contributed by atoms with Crippen molar-refractivity contribution in [1.29, 1.82) is 0 Å². The maximum Gasteiger partial charge on any atom is 0.343 e. The third kappa shape index (κ3) is 4.60. The molecule has 0 saturated heterocycles. The van der Waals surface area contributed by atoms with Gasteiger partial charge in [-0.1, -0.05) is 6.07 Å². The number of nitrogens with one attached hydrogen (secondary N) is 1. The minimum Gasteiger partial charge on any atom is -0.482 e. The van der Waals surface area contributed by atoms with Gasteiger partial charge in [0.2, 0.25) is 0 Å². The quantitative estimate of drug-likeness (QED) is 0.734. The second-order valence-electron chi connectivity index (χ2n) is 3.93. The number of ether oxygens (including phenoxy) is 2. The van der Waals surface area contributed by atoms with E-state index >= 15 is 0 Å². The molecule has 1 aromatic rings. The molecule has 0 saturated carbocycles. The first kappa shape index (κ1) is 15.5. The highest BCUT2D eigenvalue weighted by molar-refractivity contribution is 5.96. The number of esters is 1. The Bertz CT molecular complexity index is 513. The van der Waals surface area contributed by atoms with Gasteiger partial charge in [-0.05, 0) is 25.1 Å². The van der Waals surface area contributed by atoms with Crippen molar-refractivity contribution in [3.8, 4) is 5.75 Å². The Kier molecular flexibility index (Phi) is 5.52. The van der Waals surface area contributed by atoms with Gasteiger partial charge in [0.25, 0.3) is 5.91 Å². The Balaban J connectivity index is 2.69. The molecule has 0 heterocycles. The minimum absolute atomic E-state index is 0.237. The van der Waals surface area contributed by atoms with Gasteiger partial charge in [0.1, 0.15) is 11.8 Å². The highest BCUT2D eigenvalue weighted by Gasteiger charge is 2.15. The summed E-state index contributed by atoms with van der Waals surface area (Å²) in [4.78, 5) is 33.4. The largest absolute Gasteiger partial charge is 0.482 e. The van der Waals surface area contributed by atoms with Crippen LogP contribution in [0.5, 0.6) is 5.75 Å². The van der Waals surface area contributed by atoms with Crippen LogP contribution in [0.4, 0.5) is 0 Å². The Labute approximate surface area is 115 Å². The number of amides is 1. The summed E-state index contributed by atoms with van der Waals surface area (Å²) in [5.41, 5.74) is 0.237. The summed E-state index contributed by atoms with van der Waals surface area (Å²) in [5.74, 6) is -1.90. The summed E-state index contributed by atoms with van der Waals surface area (Å²) in [6.45, 7) is 1.09. The van der Waals surface area contributed by atoms with Crippen molar-refractivity contribution in [3.05, 3.63) is 29.8 Å². The second kappa shape index (κ2) is 7.13. The molecule has 0 unspecified atom stereocenters. The number of carboxylic acid groups (broad SMARTS) is 1. The van der Waals surface area contributed by atoms with Crippen LogP contribution in [0, 0.1) is 0 Å². The summed E-state index contributed by atoms with van der Waals surface area (Å²) < 4.78 is 9.55. The number of aliphatic carboxylic acids is 1. The molecule has 0 fully saturated rings. The van der Waals surface area contributed by atoms with Crippen molar-refractivity contribution >= 4 is 17.8 Å². The van der Waals surface area contributed by atoms with E-state index < -0.39 is 23.9 Å². The molecule has 1 aromatic carbocycles. The molecule has 0 spiro atoms. The van der Waals surface area contributed by atoms with Crippen molar-refractivity contribution in [1.82, 2.24) is 5.32 Å². The van der Waals surface area contributed by atoms with Crippen molar-refractivity contribution in [2.24, 2.45) is 0 Å². The third-order valence-electron chi connectivity index (χ3n) is 2.40. The molecule has 0 aliphatic carbocycles. The van der Waals surface area contributed by atoms with Gasteiger partial charge in [-0.3, -0.25) is 9.59 Å². The lowest BCUT2D eigenvalue weighted by molar-refractivity contribution is -0.143. The molecule has 0 radical (unpaired) electrons. The normalized spacial score (nSPS) is 11.3. The fourth-order valence-electron chi connectivity index (χ4n) is 1.27. The van der Waals surface area contributed by atoms with Crippen LogP contribution in [0.25, 0.3) is 0 Å². The highest BCUT2D eigenvalue weighted by atomic mass is 16.6. The molecule has 0 bridgehead atoms. The molecule has 108 valence electrons. The van der Waals surface area contributed by atoms with E-state index in [2.05, 4.69) is 10.1 Å². The number of carbonyl (C=O) groups is 3. The van der Waals surface area contributed by atoms with Gasteiger partial charge in [0.15, 0.2) is 6.61 Å². The highest BCUT2D eigenvalue weighted by Crippen LogP contribution is 2.13. The van der Waals surface area contributed by atoms with E-state index in [1.165, 1.54) is 26.2 Å². The Morgan fingerprint density at radius 3 is 2.65 bits per heavy atom. The predicted molar refractivity (Wildman–Crippen MR) is 68.5 cm³/mol. The fraction of sp³-hybridized carbons (Fsp3) is 0.308. The van der Waals surface area contributed by atoms with Gasteiger partial charge in [0.05, 0.1) is 7.11 Å². The fourth-order valence-corrected chi connectivity index (χ4v) is 1.27. The minimum atomic E-state index is -1.13. The maximum absolute atomic E-state index is 11.8. The van der Waals surface area contributed by atoms with E-state index in [-0.39, 0.29) is 12.2 Å². The Morgan fingerprint density at radius 2 is 2.05 bits per heavy atom. The van der Waals surface area contributed by atoms with Crippen molar-refractivity contribution in [2.45, 2.75) is 13.0 Å². The first-order valence-electron chi connectivity index (χ1n) is 5.77. The number of carboxylic acids is 1. The molecule has 0 aliphatic heterocycles. The summed E-state index contributed by atoms with van der Waals surface area (Å²) in [5, 5.41) is 11.0. The zero-order chi connectivity index (χ0) is 15.1. The molecule has 1 rings (SSSR count). The van der Waals surface area contributed by atoms with Crippen LogP contribution in [-0.4, -0.2) is 42.7 Å². The molecule has 2 N–H and O–H groups in total. The van der Waals surface area contributed by atoms with Crippen molar-refractivity contribution in [2.75, 3.05) is 13.7 Å². The maximum atomic E-state index is 11.8. The van der Waals surface area contributed by atoms with Crippen molar-refractivity contribution < 1.29 is 29.0 Å². The smallest absolute Gasteiger partial charge is 0.343 e. The van der Waals surface area contributed by atoms with Crippen LogP contribution in [0.2, 0.25) is 0 Å².